The fourth-order valence-corrected chi connectivity index (χ4v) is 3.25. The molecule has 3 aromatic rings. The third-order valence-electron chi connectivity index (χ3n) is 4.10. The van der Waals surface area contributed by atoms with Gasteiger partial charge in [-0.15, -0.1) is 0 Å². The molecule has 2 aromatic carbocycles. The Labute approximate surface area is 185 Å². The van der Waals surface area contributed by atoms with Crippen LogP contribution in [0.1, 0.15) is 26.3 Å². The Morgan fingerprint density at radius 3 is 2.63 bits per heavy atom. The van der Waals surface area contributed by atoms with Gasteiger partial charge in [-0.05, 0) is 50.1 Å². The number of benzene rings is 2. The molecule has 0 spiro atoms. The Bertz CT molecular complexity index is 981. The summed E-state index contributed by atoms with van der Waals surface area (Å²) >= 11 is 3.56. The second-order valence-corrected chi connectivity index (χ2v) is 8.79. The zero-order chi connectivity index (χ0) is 21.6. The van der Waals surface area contributed by atoms with Crippen molar-refractivity contribution in [3.63, 3.8) is 0 Å². The molecule has 0 radical (unpaired) electrons. The zero-order valence-electron chi connectivity index (χ0n) is 17.4. The number of rotatable bonds is 7. The van der Waals surface area contributed by atoms with Gasteiger partial charge in [0.1, 0.15) is 18.0 Å². The van der Waals surface area contributed by atoms with Crippen molar-refractivity contribution in [1.29, 1.82) is 0 Å². The lowest BCUT2D eigenvalue weighted by Gasteiger charge is -2.19. The first kappa shape index (κ1) is 21.9. The topological polar surface area (TPSA) is 65.4 Å². The van der Waals surface area contributed by atoms with Crippen molar-refractivity contribution >= 4 is 22.0 Å². The number of nitrogens with zero attached hydrogens (tertiary/aromatic N) is 2. The summed E-state index contributed by atoms with van der Waals surface area (Å²) in [5.41, 5.74) is 2.57. The van der Waals surface area contributed by atoms with E-state index in [1.807, 2.05) is 75.5 Å². The minimum Gasteiger partial charge on any atom is -0.489 e. The van der Waals surface area contributed by atoms with Crippen LogP contribution in [0.5, 0.6) is 5.75 Å². The Hall–Kier alpha value is -2.80. The maximum Gasteiger partial charge on any atom is 0.407 e. The number of carbonyl (C=O) groups is 1. The molecule has 0 saturated carbocycles. The summed E-state index contributed by atoms with van der Waals surface area (Å²) in [6, 6.07) is 16.0. The predicted molar refractivity (Wildman–Crippen MR) is 120 cm³/mol. The number of ether oxygens (including phenoxy) is 2. The summed E-state index contributed by atoms with van der Waals surface area (Å²) in [6.07, 6.45) is 3.32. The molecule has 0 unspecified atom stereocenters. The first-order valence-electron chi connectivity index (χ1n) is 9.75. The van der Waals surface area contributed by atoms with Crippen molar-refractivity contribution in [2.24, 2.45) is 0 Å². The van der Waals surface area contributed by atoms with Crippen LogP contribution < -0.4 is 10.1 Å². The number of alkyl carbamates (subject to hydrolysis) is 1. The molecule has 158 valence electrons. The smallest absolute Gasteiger partial charge is 0.407 e. The van der Waals surface area contributed by atoms with Crippen molar-refractivity contribution in [3.8, 4) is 16.9 Å². The van der Waals surface area contributed by atoms with Crippen molar-refractivity contribution in [1.82, 2.24) is 15.1 Å². The Morgan fingerprint density at radius 1 is 1.13 bits per heavy atom. The molecule has 0 atom stereocenters. The van der Waals surface area contributed by atoms with Crippen LogP contribution >= 0.6 is 15.9 Å². The molecule has 0 aliphatic heterocycles. The number of aromatic nitrogens is 2. The molecule has 7 heteroatoms. The number of halogens is 1. The molecule has 3 rings (SSSR count). The fourth-order valence-electron chi connectivity index (χ4n) is 2.78. The van der Waals surface area contributed by atoms with Crippen LogP contribution in [0.25, 0.3) is 11.1 Å². The quantitative estimate of drug-likeness (QED) is 0.499. The molecule has 0 fully saturated rings. The molecule has 1 amide bonds. The largest absolute Gasteiger partial charge is 0.489 e. The highest BCUT2D eigenvalue weighted by atomic mass is 79.9. The van der Waals surface area contributed by atoms with E-state index in [0.29, 0.717) is 19.7 Å². The molecule has 6 nitrogen and oxygen atoms in total. The van der Waals surface area contributed by atoms with Gasteiger partial charge in [0.2, 0.25) is 0 Å². The summed E-state index contributed by atoms with van der Waals surface area (Å²) in [5.74, 6) is 0.780. The van der Waals surface area contributed by atoms with Crippen LogP contribution in [-0.4, -0.2) is 28.0 Å². The van der Waals surface area contributed by atoms with Crippen LogP contribution in [0.2, 0.25) is 0 Å². The van der Waals surface area contributed by atoms with E-state index in [1.165, 1.54) is 0 Å². The Kier molecular flexibility index (Phi) is 7.15. The summed E-state index contributed by atoms with van der Waals surface area (Å²) in [4.78, 5) is 11.7. The lowest BCUT2D eigenvalue weighted by Crippen LogP contribution is -2.34. The Balaban J connectivity index is 1.59. The highest BCUT2D eigenvalue weighted by Gasteiger charge is 2.15. The minimum atomic E-state index is -0.510. The van der Waals surface area contributed by atoms with Crippen molar-refractivity contribution in [3.05, 3.63) is 71.0 Å². The molecule has 1 N–H and O–H groups in total. The minimum absolute atomic E-state index is 0.429. The highest BCUT2D eigenvalue weighted by Crippen LogP contribution is 2.29. The standard InChI is InChI=1S/C23H26BrN3O3/c1-23(2,3)30-22(28)25-9-10-27-15-19(14-26-27)18-11-20(24)13-21(12-18)29-16-17-7-5-4-6-8-17/h4-8,11-15H,9-10,16H2,1-3H3,(H,25,28). The number of carbonyl (C=O) groups excluding carboxylic acids is 1. The van der Waals surface area contributed by atoms with Crippen molar-refractivity contribution in [2.45, 2.75) is 39.5 Å². The molecule has 0 aliphatic carbocycles. The van der Waals surface area contributed by atoms with Crippen molar-refractivity contribution < 1.29 is 14.3 Å². The molecule has 0 bridgehead atoms. The van der Waals surface area contributed by atoms with Crippen LogP contribution in [0, 0.1) is 0 Å². The molecule has 0 aliphatic rings. The van der Waals surface area contributed by atoms with E-state index in [1.54, 1.807) is 10.9 Å². The third kappa shape index (κ3) is 6.91. The van der Waals surface area contributed by atoms with Crippen molar-refractivity contribution in [2.75, 3.05) is 6.54 Å². The summed E-state index contributed by atoms with van der Waals surface area (Å²) in [7, 11) is 0. The zero-order valence-corrected chi connectivity index (χ0v) is 19.0. The molecule has 0 saturated heterocycles. The molecule has 30 heavy (non-hydrogen) atoms. The molecule has 1 aromatic heterocycles. The van der Waals surface area contributed by atoms with Gasteiger partial charge in [0.15, 0.2) is 0 Å². The Morgan fingerprint density at radius 2 is 1.90 bits per heavy atom. The van der Waals surface area contributed by atoms with Gasteiger partial charge in [0.25, 0.3) is 0 Å². The maximum absolute atomic E-state index is 11.7. The van der Waals surface area contributed by atoms with E-state index in [4.69, 9.17) is 9.47 Å². The van der Waals surface area contributed by atoms with Gasteiger partial charge in [0, 0.05) is 22.8 Å². The number of nitrogens with one attached hydrogen (secondary N) is 1. The first-order chi connectivity index (χ1) is 14.3. The van der Waals surface area contributed by atoms with Gasteiger partial charge in [-0.25, -0.2) is 4.79 Å². The van der Waals surface area contributed by atoms with E-state index in [-0.39, 0.29) is 0 Å². The van der Waals surface area contributed by atoms with Gasteiger partial charge >= 0.3 is 6.09 Å². The lowest BCUT2D eigenvalue weighted by atomic mass is 10.1. The normalized spacial score (nSPS) is 11.2. The average Bonchev–Trinajstić information content (AvgIpc) is 3.14. The number of hydrogen-bond acceptors (Lipinski definition) is 4. The van der Waals surface area contributed by atoms with Gasteiger partial charge in [-0.3, -0.25) is 4.68 Å². The second kappa shape index (κ2) is 9.80. The number of hydrogen-bond donors (Lipinski definition) is 1. The summed E-state index contributed by atoms with van der Waals surface area (Å²) < 4.78 is 13.9. The average molecular weight is 472 g/mol. The van der Waals surface area contributed by atoms with Crippen LogP contribution in [0.4, 0.5) is 4.79 Å². The maximum atomic E-state index is 11.7. The molecular formula is C23H26BrN3O3. The first-order valence-corrected chi connectivity index (χ1v) is 10.5. The summed E-state index contributed by atoms with van der Waals surface area (Å²) in [6.45, 7) is 6.99. The second-order valence-electron chi connectivity index (χ2n) is 7.87. The predicted octanol–water partition coefficient (Wildman–Crippen LogP) is 5.42. The van der Waals surface area contributed by atoms with E-state index in [0.717, 1.165) is 26.9 Å². The van der Waals surface area contributed by atoms with Gasteiger partial charge in [-0.1, -0.05) is 46.3 Å². The number of amides is 1. The van der Waals surface area contributed by atoms with Crippen LogP contribution in [0.3, 0.4) is 0 Å². The SMILES string of the molecule is CC(C)(C)OC(=O)NCCn1cc(-c2cc(Br)cc(OCc3ccccc3)c2)cn1. The van der Waals surface area contributed by atoms with Gasteiger partial charge in [0.05, 0.1) is 12.7 Å². The monoisotopic (exact) mass is 471 g/mol. The van der Waals surface area contributed by atoms with Crippen LogP contribution in [0.15, 0.2) is 65.4 Å². The van der Waals surface area contributed by atoms with Crippen LogP contribution in [-0.2, 0) is 17.9 Å². The third-order valence-corrected chi connectivity index (χ3v) is 4.55. The van der Waals surface area contributed by atoms with E-state index in [9.17, 15) is 4.79 Å². The lowest BCUT2D eigenvalue weighted by molar-refractivity contribution is 0.0525. The highest BCUT2D eigenvalue weighted by molar-refractivity contribution is 9.10. The fraction of sp³-hybridized carbons (Fsp3) is 0.304. The van der Waals surface area contributed by atoms with E-state index >= 15 is 0 Å². The van der Waals surface area contributed by atoms with E-state index < -0.39 is 11.7 Å². The van der Waals surface area contributed by atoms with Gasteiger partial charge in [-0.2, -0.15) is 5.10 Å². The summed E-state index contributed by atoms with van der Waals surface area (Å²) in [5, 5.41) is 7.12. The molecular weight excluding hydrogens is 446 g/mol. The van der Waals surface area contributed by atoms with E-state index in [2.05, 4.69) is 26.3 Å². The molecule has 1 heterocycles. The van der Waals surface area contributed by atoms with Gasteiger partial charge < -0.3 is 14.8 Å².